The van der Waals surface area contributed by atoms with Gasteiger partial charge in [0.05, 0.1) is 6.10 Å². The molecule has 1 aliphatic heterocycles. The minimum absolute atomic E-state index is 0.372. The molecule has 1 aliphatic carbocycles. The van der Waals surface area contributed by atoms with Gasteiger partial charge in [-0.15, -0.1) is 0 Å². The molecule has 0 aromatic heterocycles. The Morgan fingerprint density at radius 1 is 1.26 bits per heavy atom. The van der Waals surface area contributed by atoms with Gasteiger partial charge in [-0.1, -0.05) is 27.2 Å². The highest BCUT2D eigenvalue weighted by Gasteiger charge is 2.43. The zero-order valence-electron chi connectivity index (χ0n) is 13.4. The van der Waals surface area contributed by atoms with Gasteiger partial charge in [0.2, 0.25) is 0 Å². The number of hydrogen-bond acceptors (Lipinski definition) is 2. The number of piperidine rings is 1. The van der Waals surface area contributed by atoms with E-state index < -0.39 is 0 Å². The Morgan fingerprint density at radius 3 is 2.74 bits per heavy atom. The molecule has 0 radical (unpaired) electrons. The normalized spacial score (nSPS) is 42.9. The van der Waals surface area contributed by atoms with Crippen LogP contribution in [0.4, 0.5) is 0 Å². The van der Waals surface area contributed by atoms with E-state index in [0.29, 0.717) is 11.6 Å². The largest absolute Gasteiger partial charge is 0.378 e. The maximum atomic E-state index is 6.07. The Balaban J connectivity index is 1.87. The molecule has 2 rings (SSSR count). The average Bonchev–Trinajstić information content (AvgIpc) is 2.40. The standard InChI is InChI=1S/C17H33NO/c1-5-7-10-19-14-8-9-16-15(11-14)13(3)12-17(4,6-2)18-16/h13-16,18H,5-12H2,1-4H3. The molecule has 1 N–H and O–H groups in total. The highest BCUT2D eigenvalue weighted by Crippen LogP contribution is 2.41. The van der Waals surface area contributed by atoms with Gasteiger partial charge >= 0.3 is 0 Å². The van der Waals surface area contributed by atoms with Crippen molar-refractivity contribution < 1.29 is 4.74 Å². The second-order valence-electron chi connectivity index (χ2n) is 7.17. The van der Waals surface area contributed by atoms with Crippen LogP contribution in [0.3, 0.4) is 0 Å². The molecule has 1 heterocycles. The molecule has 112 valence electrons. The summed E-state index contributed by atoms with van der Waals surface area (Å²) in [7, 11) is 0. The SMILES string of the molecule is CCCCOC1CCC2NC(C)(CC)CC(C)C2C1. The van der Waals surface area contributed by atoms with Crippen LogP contribution in [0.15, 0.2) is 0 Å². The molecule has 1 saturated heterocycles. The first-order valence-electron chi connectivity index (χ1n) is 8.47. The number of hydrogen-bond donors (Lipinski definition) is 1. The molecule has 5 atom stereocenters. The number of fused-ring (bicyclic) bond motifs is 1. The highest BCUT2D eigenvalue weighted by atomic mass is 16.5. The molecule has 2 nitrogen and oxygen atoms in total. The fourth-order valence-electron chi connectivity index (χ4n) is 4.13. The van der Waals surface area contributed by atoms with E-state index in [2.05, 4.69) is 33.0 Å². The van der Waals surface area contributed by atoms with Gasteiger partial charge in [0.25, 0.3) is 0 Å². The van der Waals surface area contributed by atoms with Crippen LogP contribution in [-0.2, 0) is 4.74 Å². The Morgan fingerprint density at radius 2 is 2.05 bits per heavy atom. The van der Waals surface area contributed by atoms with Crippen molar-refractivity contribution >= 4 is 0 Å². The van der Waals surface area contributed by atoms with Crippen molar-refractivity contribution in [2.24, 2.45) is 11.8 Å². The molecule has 19 heavy (non-hydrogen) atoms. The Kier molecular flexibility index (Phi) is 5.30. The van der Waals surface area contributed by atoms with Crippen molar-refractivity contribution in [3.05, 3.63) is 0 Å². The van der Waals surface area contributed by atoms with Gasteiger partial charge in [-0.25, -0.2) is 0 Å². The number of rotatable bonds is 5. The van der Waals surface area contributed by atoms with Crippen LogP contribution in [0.25, 0.3) is 0 Å². The lowest BCUT2D eigenvalue weighted by molar-refractivity contribution is -0.0303. The van der Waals surface area contributed by atoms with Crippen LogP contribution in [0, 0.1) is 11.8 Å². The molecule has 0 bridgehead atoms. The van der Waals surface area contributed by atoms with Gasteiger partial charge in [-0.05, 0) is 57.3 Å². The van der Waals surface area contributed by atoms with Gasteiger partial charge in [0, 0.05) is 18.2 Å². The second-order valence-corrected chi connectivity index (χ2v) is 7.17. The predicted octanol–water partition coefficient (Wildman–Crippen LogP) is 4.14. The lowest BCUT2D eigenvalue weighted by Gasteiger charge is -2.51. The van der Waals surface area contributed by atoms with E-state index in [1.807, 2.05) is 0 Å². The van der Waals surface area contributed by atoms with E-state index in [0.717, 1.165) is 24.5 Å². The van der Waals surface area contributed by atoms with E-state index in [1.54, 1.807) is 0 Å². The van der Waals surface area contributed by atoms with Crippen LogP contribution >= 0.6 is 0 Å². The Labute approximate surface area is 119 Å². The minimum Gasteiger partial charge on any atom is -0.378 e. The van der Waals surface area contributed by atoms with Crippen molar-refractivity contribution in [1.29, 1.82) is 0 Å². The van der Waals surface area contributed by atoms with Crippen LogP contribution < -0.4 is 5.32 Å². The van der Waals surface area contributed by atoms with Crippen molar-refractivity contribution in [1.82, 2.24) is 5.32 Å². The summed E-state index contributed by atoms with van der Waals surface area (Å²) in [6.07, 6.45) is 9.40. The summed E-state index contributed by atoms with van der Waals surface area (Å²) in [5, 5.41) is 3.94. The van der Waals surface area contributed by atoms with Gasteiger partial charge in [-0.3, -0.25) is 0 Å². The predicted molar refractivity (Wildman–Crippen MR) is 81.4 cm³/mol. The van der Waals surface area contributed by atoms with Gasteiger partial charge < -0.3 is 10.1 Å². The van der Waals surface area contributed by atoms with Crippen LogP contribution in [0.2, 0.25) is 0 Å². The fraction of sp³-hybridized carbons (Fsp3) is 1.00. The zero-order chi connectivity index (χ0) is 13.9. The van der Waals surface area contributed by atoms with Crippen molar-refractivity contribution in [3.63, 3.8) is 0 Å². The number of unbranched alkanes of at least 4 members (excludes halogenated alkanes) is 1. The van der Waals surface area contributed by atoms with Crippen molar-refractivity contribution in [2.45, 2.75) is 90.3 Å². The molecular formula is C17H33NO. The van der Waals surface area contributed by atoms with Gasteiger partial charge in [0.1, 0.15) is 0 Å². The molecule has 5 unspecified atom stereocenters. The summed E-state index contributed by atoms with van der Waals surface area (Å²) in [6, 6.07) is 0.736. The first kappa shape index (κ1) is 15.3. The first-order chi connectivity index (χ1) is 9.08. The average molecular weight is 267 g/mol. The monoisotopic (exact) mass is 267 g/mol. The third-order valence-electron chi connectivity index (χ3n) is 5.52. The molecule has 0 aromatic rings. The maximum absolute atomic E-state index is 6.07. The molecule has 2 aliphatic rings. The molecule has 0 amide bonds. The van der Waals surface area contributed by atoms with E-state index in [4.69, 9.17) is 4.74 Å². The summed E-state index contributed by atoms with van der Waals surface area (Å²) < 4.78 is 6.07. The van der Waals surface area contributed by atoms with Crippen LogP contribution in [0.1, 0.15) is 72.6 Å². The maximum Gasteiger partial charge on any atom is 0.0579 e. The zero-order valence-corrected chi connectivity index (χ0v) is 13.4. The Hall–Kier alpha value is -0.0800. The molecule has 2 fully saturated rings. The van der Waals surface area contributed by atoms with Crippen molar-refractivity contribution in [2.75, 3.05) is 6.61 Å². The van der Waals surface area contributed by atoms with E-state index in [-0.39, 0.29) is 0 Å². The second kappa shape index (κ2) is 6.58. The van der Waals surface area contributed by atoms with Crippen molar-refractivity contribution in [3.8, 4) is 0 Å². The summed E-state index contributed by atoms with van der Waals surface area (Å²) in [6.45, 7) is 10.4. The quantitative estimate of drug-likeness (QED) is 0.756. The third-order valence-corrected chi connectivity index (χ3v) is 5.52. The molecule has 1 saturated carbocycles. The summed E-state index contributed by atoms with van der Waals surface area (Å²) in [5.74, 6) is 1.67. The van der Waals surface area contributed by atoms with E-state index in [1.165, 1.54) is 44.9 Å². The van der Waals surface area contributed by atoms with Crippen LogP contribution in [0.5, 0.6) is 0 Å². The summed E-state index contributed by atoms with van der Waals surface area (Å²) in [4.78, 5) is 0. The summed E-state index contributed by atoms with van der Waals surface area (Å²) >= 11 is 0. The van der Waals surface area contributed by atoms with E-state index >= 15 is 0 Å². The van der Waals surface area contributed by atoms with Crippen LogP contribution in [-0.4, -0.2) is 24.3 Å². The van der Waals surface area contributed by atoms with E-state index in [9.17, 15) is 0 Å². The molecule has 0 aromatic carbocycles. The highest BCUT2D eigenvalue weighted by molar-refractivity contribution is 5.00. The number of ether oxygens (including phenoxy) is 1. The number of nitrogens with one attached hydrogen (secondary N) is 1. The molecule has 2 heteroatoms. The topological polar surface area (TPSA) is 21.3 Å². The lowest BCUT2D eigenvalue weighted by Crippen LogP contribution is -2.59. The third kappa shape index (κ3) is 3.72. The van der Waals surface area contributed by atoms with Gasteiger partial charge in [0.15, 0.2) is 0 Å². The fourth-order valence-corrected chi connectivity index (χ4v) is 4.13. The first-order valence-corrected chi connectivity index (χ1v) is 8.47. The molecular weight excluding hydrogens is 234 g/mol. The lowest BCUT2D eigenvalue weighted by atomic mass is 9.67. The molecule has 0 spiro atoms. The minimum atomic E-state index is 0.372. The summed E-state index contributed by atoms with van der Waals surface area (Å²) in [5.41, 5.74) is 0.372. The smallest absolute Gasteiger partial charge is 0.0579 e. The Bertz CT molecular complexity index is 280. The van der Waals surface area contributed by atoms with Gasteiger partial charge in [-0.2, -0.15) is 0 Å².